The summed E-state index contributed by atoms with van der Waals surface area (Å²) in [4.78, 5) is 17.5. The fraction of sp³-hybridized carbons (Fsp3) is 0.306. The molecular weight excluding hydrogens is 622 g/mol. The number of aliphatic hydroxyl groups is 1. The molecule has 4 aromatic carbocycles. The summed E-state index contributed by atoms with van der Waals surface area (Å²) < 4.78 is 35.4. The number of fused-ring (bicyclic) bond motifs is 1. The summed E-state index contributed by atoms with van der Waals surface area (Å²) in [5.74, 6) is 0.303. The number of benzene rings is 4. The summed E-state index contributed by atoms with van der Waals surface area (Å²) in [6.45, 7) is 5.40. The van der Waals surface area contributed by atoms with Crippen LogP contribution in [0.4, 0.5) is 5.69 Å². The smallest absolute Gasteiger partial charge is 0.261 e. The average Bonchev–Trinajstić information content (AvgIpc) is 3.08. The van der Waals surface area contributed by atoms with E-state index in [0.29, 0.717) is 41.7 Å². The molecule has 3 atom stereocenters. The van der Waals surface area contributed by atoms with E-state index in [1.165, 1.54) is 35.4 Å². The lowest BCUT2D eigenvalue weighted by molar-refractivity contribution is -0.134. The van der Waals surface area contributed by atoms with Gasteiger partial charge in [-0.25, -0.2) is 8.42 Å². The minimum absolute atomic E-state index is 0.000766. The lowest BCUT2D eigenvalue weighted by Gasteiger charge is -2.34. The van der Waals surface area contributed by atoms with Crippen LogP contribution >= 0.6 is 11.6 Å². The summed E-state index contributed by atoms with van der Waals surface area (Å²) in [5.41, 5.74) is 4.38. The van der Waals surface area contributed by atoms with Gasteiger partial charge >= 0.3 is 0 Å². The SMILES string of the molecule is C[C@@H]1CN([C@@H](C)CO)C(=O)Cc2cc(NS(=O)(=O)c3ccc(Cl)cc3)ccc2O[C@H]1CN(C)Cc1ccc(-c2ccccc2)cc1. The van der Waals surface area contributed by atoms with E-state index >= 15 is 0 Å². The molecule has 0 radical (unpaired) electrons. The van der Waals surface area contributed by atoms with Crippen LogP contribution in [0.25, 0.3) is 11.1 Å². The minimum atomic E-state index is -3.89. The molecule has 0 aromatic heterocycles. The highest BCUT2D eigenvalue weighted by Gasteiger charge is 2.31. The van der Waals surface area contributed by atoms with Gasteiger partial charge in [0.05, 0.1) is 24.0 Å². The molecule has 0 bridgehead atoms. The molecule has 1 heterocycles. The van der Waals surface area contributed by atoms with Gasteiger partial charge in [0.1, 0.15) is 11.9 Å². The number of rotatable bonds is 10. The Bertz CT molecular complexity index is 1730. The third kappa shape index (κ3) is 8.27. The fourth-order valence-corrected chi connectivity index (χ4v) is 6.83. The van der Waals surface area contributed by atoms with Crippen molar-refractivity contribution in [3.05, 3.63) is 113 Å². The number of nitrogens with one attached hydrogen (secondary N) is 1. The molecule has 1 aliphatic heterocycles. The maximum Gasteiger partial charge on any atom is 0.261 e. The first kappa shape index (κ1) is 33.5. The number of likely N-dealkylation sites (N-methyl/N-ethyl adjacent to an activating group) is 1. The zero-order chi connectivity index (χ0) is 32.8. The highest BCUT2D eigenvalue weighted by Crippen LogP contribution is 2.30. The van der Waals surface area contributed by atoms with Gasteiger partial charge in [0.2, 0.25) is 5.91 Å². The second-order valence-electron chi connectivity index (χ2n) is 12.0. The molecule has 0 saturated heterocycles. The van der Waals surface area contributed by atoms with E-state index in [9.17, 15) is 18.3 Å². The van der Waals surface area contributed by atoms with Gasteiger partial charge in [0, 0.05) is 41.8 Å². The molecule has 0 aliphatic carbocycles. The highest BCUT2D eigenvalue weighted by atomic mass is 35.5. The van der Waals surface area contributed by atoms with Crippen molar-refractivity contribution in [3.8, 4) is 16.9 Å². The molecule has 1 aliphatic rings. The minimum Gasteiger partial charge on any atom is -0.488 e. The monoisotopic (exact) mass is 661 g/mol. The number of nitrogens with zero attached hydrogens (tertiary/aromatic N) is 2. The van der Waals surface area contributed by atoms with Crippen LogP contribution < -0.4 is 9.46 Å². The van der Waals surface area contributed by atoms with Crippen LogP contribution in [0.1, 0.15) is 25.0 Å². The van der Waals surface area contributed by atoms with E-state index in [2.05, 4.69) is 52.9 Å². The van der Waals surface area contributed by atoms with E-state index in [4.69, 9.17) is 16.3 Å². The number of sulfonamides is 1. The number of carbonyl (C=O) groups is 1. The van der Waals surface area contributed by atoms with Crippen LogP contribution in [0.5, 0.6) is 5.75 Å². The van der Waals surface area contributed by atoms with Gasteiger partial charge in [-0.15, -0.1) is 0 Å². The van der Waals surface area contributed by atoms with Gasteiger partial charge in [-0.1, -0.05) is 73.1 Å². The predicted octanol–water partition coefficient (Wildman–Crippen LogP) is 6.09. The van der Waals surface area contributed by atoms with Crippen molar-refractivity contribution >= 4 is 33.2 Å². The van der Waals surface area contributed by atoms with E-state index in [-0.39, 0.29) is 41.9 Å². The molecule has 10 heteroatoms. The Morgan fingerprint density at radius 1 is 1.00 bits per heavy atom. The molecule has 2 N–H and O–H groups in total. The summed E-state index contributed by atoms with van der Waals surface area (Å²) in [6.07, 6.45) is -0.289. The predicted molar refractivity (Wildman–Crippen MR) is 182 cm³/mol. The van der Waals surface area contributed by atoms with Gasteiger partial charge in [-0.05, 0) is 73.1 Å². The number of ether oxygens (including phenoxy) is 1. The molecule has 46 heavy (non-hydrogen) atoms. The van der Waals surface area contributed by atoms with Crippen LogP contribution in [0, 0.1) is 5.92 Å². The second-order valence-corrected chi connectivity index (χ2v) is 14.1. The lowest BCUT2D eigenvalue weighted by Crippen LogP contribution is -2.47. The van der Waals surface area contributed by atoms with Crippen molar-refractivity contribution in [2.75, 3.05) is 31.5 Å². The quantitative estimate of drug-likeness (QED) is 0.214. The number of hydrogen-bond donors (Lipinski definition) is 2. The number of hydrogen-bond acceptors (Lipinski definition) is 6. The van der Waals surface area contributed by atoms with E-state index < -0.39 is 10.0 Å². The Labute approximate surface area is 276 Å². The van der Waals surface area contributed by atoms with Crippen molar-refractivity contribution in [1.29, 1.82) is 0 Å². The topological polar surface area (TPSA) is 99.2 Å². The number of aliphatic hydroxyl groups excluding tert-OH is 1. The van der Waals surface area contributed by atoms with Gasteiger partial charge in [-0.3, -0.25) is 14.4 Å². The van der Waals surface area contributed by atoms with Crippen molar-refractivity contribution in [1.82, 2.24) is 9.80 Å². The normalized spacial score (nSPS) is 17.8. The third-order valence-electron chi connectivity index (χ3n) is 8.30. The number of halogens is 1. The Morgan fingerprint density at radius 3 is 2.35 bits per heavy atom. The lowest BCUT2D eigenvalue weighted by atomic mass is 10.0. The summed E-state index contributed by atoms with van der Waals surface area (Å²) >= 11 is 5.94. The number of anilines is 1. The molecule has 4 aromatic rings. The molecule has 5 rings (SSSR count). The third-order valence-corrected chi connectivity index (χ3v) is 9.95. The van der Waals surface area contributed by atoms with Crippen molar-refractivity contribution in [3.63, 3.8) is 0 Å². The van der Waals surface area contributed by atoms with Crippen LogP contribution in [-0.4, -0.2) is 68.1 Å². The number of carbonyl (C=O) groups excluding carboxylic acids is 1. The summed E-state index contributed by atoms with van der Waals surface area (Å²) in [6, 6.07) is 29.3. The Balaban J connectivity index is 1.37. The van der Waals surface area contributed by atoms with Crippen molar-refractivity contribution < 1.29 is 23.1 Å². The maximum atomic E-state index is 13.6. The molecule has 242 valence electrons. The zero-order valence-electron chi connectivity index (χ0n) is 26.3. The first-order valence-electron chi connectivity index (χ1n) is 15.3. The first-order valence-corrected chi connectivity index (χ1v) is 17.2. The van der Waals surface area contributed by atoms with Crippen molar-refractivity contribution in [2.45, 2.75) is 43.9 Å². The van der Waals surface area contributed by atoms with Gasteiger partial charge in [0.25, 0.3) is 10.0 Å². The van der Waals surface area contributed by atoms with E-state index in [1.807, 2.05) is 32.2 Å². The second kappa shape index (κ2) is 14.7. The van der Waals surface area contributed by atoms with Crippen LogP contribution in [-0.2, 0) is 27.8 Å². The van der Waals surface area contributed by atoms with Gasteiger partial charge < -0.3 is 14.7 Å². The Kier molecular flexibility index (Phi) is 10.7. The maximum absolute atomic E-state index is 13.6. The van der Waals surface area contributed by atoms with Gasteiger partial charge in [-0.2, -0.15) is 0 Å². The molecule has 0 fully saturated rings. The van der Waals surface area contributed by atoms with E-state index in [0.717, 1.165) is 5.56 Å². The van der Waals surface area contributed by atoms with Crippen LogP contribution in [0.3, 0.4) is 0 Å². The van der Waals surface area contributed by atoms with Crippen LogP contribution in [0.15, 0.2) is 102 Å². The number of amides is 1. The van der Waals surface area contributed by atoms with Gasteiger partial charge in [0.15, 0.2) is 0 Å². The highest BCUT2D eigenvalue weighted by molar-refractivity contribution is 7.92. The average molecular weight is 662 g/mol. The molecular formula is C36H40ClN3O5S. The molecule has 0 saturated carbocycles. The molecule has 8 nitrogen and oxygen atoms in total. The Hall–Kier alpha value is -3.89. The van der Waals surface area contributed by atoms with E-state index in [1.54, 1.807) is 23.1 Å². The Morgan fingerprint density at radius 2 is 1.67 bits per heavy atom. The molecule has 1 amide bonds. The summed E-state index contributed by atoms with van der Waals surface area (Å²) in [7, 11) is -1.85. The largest absolute Gasteiger partial charge is 0.488 e. The van der Waals surface area contributed by atoms with Crippen LogP contribution in [0.2, 0.25) is 5.02 Å². The molecule has 0 spiro atoms. The standard InChI is InChI=1S/C36H40ClN3O5S/c1-25-21-40(26(2)24-41)36(42)20-30-19-32(38-46(43,44)33-16-13-31(37)14-17-33)15-18-34(30)45-35(25)23-39(3)22-27-9-11-29(12-10-27)28-7-5-4-6-8-28/h4-19,25-26,35,38,41H,20-24H2,1-3H3/t25-,26+,35+/m1/s1. The fourth-order valence-electron chi connectivity index (χ4n) is 5.66. The summed E-state index contributed by atoms with van der Waals surface area (Å²) in [5, 5.41) is 10.4. The first-order chi connectivity index (χ1) is 22.0. The van der Waals surface area contributed by atoms with Crippen molar-refractivity contribution in [2.24, 2.45) is 5.92 Å². The zero-order valence-corrected chi connectivity index (χ0v) is 27.8. The molecule has 0 unspecified atom stereocenters.